The molecule has 1 saturated heterocycles. The third-order valence-electron chi connectivity index (χ3n) is 4.98. The van der Waals surface area contributed by atoms with Gasteiger partial charge >= 0.3 is 0 Å². The largest absolute Gasteiger partial charge is 0.366 e. The van der Waals surface area contributed by atoms with Crippen LogP contribution in [0.4, 0.5) is 5.69 Å². The van der Waals surface area contributed by atoms with E-state index in [0.29, 0.717) is 17.3 Å². The van der Waals surface area contributed by atoms with Crippen LogP contribution in [0.1, 0.15) is 37.0 Å². The number of anilines is 1. The first-order chi connectivity index (χ1) is 12.5. The summed E-state index contributed by atoms with van der Waals surface area (Å²) in [5.41, 5.74) is 7.32. The van der Waals surface area contributed by atoms with Crippen molar-refractivity contribution >= 4 is 41.2 Å². The number of likely N-dealkylation sites (tertiary alicyclic amines) is 1. The predicted octanol–water partition coefficient (Wildman–Crippen LogP) is 3.99. The number of nitrogens with zero attached hydrogens (tertiary/aromatic N) is 1. The fourth-order valence-corrected chi connectivity index (χ4v) is 4.09. The summed E-state index contributed by atoms with van der Waals surface area (Å²) in [6, 6.07) is 9.90. The highest BCUT2D eigenvalue weighted by Crippen LogP contribution is 2.29. The average molecular weight is 408 g/mol. The molecule has 0 saturated carbocycles. The van der Waals surface area contributed by atoms with Crippen LogP contribution in [0.2, 0.25) is 0 Å². The molecular formula is C20H26ClN3O2S. The molecule has 1 aliphatic rings. The van der Waals surface area contributed by atoms with E-state index in [2.05, 4.69) is 24.1 Å². The SMILES string of the molecule is CC(C)N1CCC(C(=O)Nc2ccc(-c3cccs3)cc2C(N)=O)CC1.Cl. The second kappa shape index (κ2) is 9.35. The highest BCUT2D eigenvalue weighted by Gasteiger charge is 2.26. The van der Waals surface area contributed by atoms with Crippen molar-refractivity contribution in [1.82, 2.24) is 4.90 Å². The Labute approximate surface area is 170 Å². The lowest BCUT2D eigenvalue weighted by molar-refractivity contribution is -0.121. The number of nitrogens with two attached hydrogens (primary N) is 1. The normalized spacial score (nSPS) is 15.4. The van der Waals surface area contributed by atoms with Gasteiger partial charge in [0.25, 0.3) is 5.91 Å². The van der Waals surface area contributed by atoms with Gasteiger partial charge in [0.2, 0.25) is 5.91 Å². The number of piperidine rings is 1. The topological polar surface area (TPSA) is 75.4 Å². The minimum absolute atomic E-state index is 0. The highest BCUT2D eigenvalue weighted by molar-refractivity contribution is 7.13. The zero-order valence-electron chi connectivity index (χ0n) is 15.6. The molecule has 146 valence electrons. The number of carbonyl (C=O) groups excluding carboxylic acids is 2. The van der Waals surface area contributed by atoms with Gasteiger partial charge in [-0.25, -0.2) is 0 Å². The smallest absolute Gasteiger partial charge is 0.250 e. The van der Waals surface area contributed by atoms with Crippen molar-refractivity contribution in [2.45, 2.75) is 32.7 Å². The minimum Gasteiger partial charge on any atom is -0.366 e. The molecule has 0 unspecified atom stereocenters. The van der Waals surface area contributed by atoms with E-state index in [-0.39, 0.29) is 24.2 Å². The summed E-state index contributed by atoms with van der Waals surface area (Å²) >= 11 is 1.60. The van der Waals surface area contributed by atoms with E-state index in [1.165, 1.54) is 0 Å². The molecule has 0 spiro atoms. The molecule has 7 heteroatoms. The minimum atomic E-state index is -0.534. The van der Waals surface area contributed by atoms with Crippen LogP contribution in [-0.4, -0.2) is 35.8 Å². The first-order valence-corrected chi connectivity index (χ1v) is 9.86. The molecule has 2 aromatic rings. The molecule has 1 aromatic carbocycles. The van der Waals surface area contributed by atoms with Crippen LogP contribution in [0.15, 0.2) is 35.7 Å². The van der Waals surface area contributed by atoms with Crippen LogP contribution < -0.4 is 11.1 Å². The van der Waals surface area contributed by atoms with Gasteiger partial charge in [0, 0.05) is 16.8 Å². The van der Waals surface area contributed by atoms with E-state index in [0.717, 1.165) is 36.4 Å². The van der Waals surface area contributed by atoms with Gasteiger partial charge in [0.1, 0.15) is 0 Å². The molecule has 5 nitrogen and oxygen atoms in total. The van der Waals surface area contributed by atoms with Crippen LogP contribution in [0.5, 0.6) is 0 Å². The maximum Gasteiger partial charge on any atom is 0.250 e. The molecule has 0 aliphatic carbocycles. The number of benzene rings is 1. The zero-order chi connectivity index (χ0) is 18.7. The molecule has 0 radical (unpaired) electrons. The monoisotopic (exact) mass is 407 g/mol. The molecule has 27 heavy (non-hydrogen) atoms. The van der Waals surface area contributed by atoms with Crippen LogP contribution in [0.25, 0.3) is 10.4 Å². The first-order valence-electron chi connectivity index (χ1n) is 8.98. The summed E-state index contributed by atoms with van der Waals surface area (Å²) in [6.07, 6.45) is 1.67. The Balaban J connectivity index is 0.00000261. The number of nitrogens with one attached hydrogen (secondary N) is 1. The third-order valence-corrected chi connectivity index (χ3v) is 5.90. The molecule has 0 atom stereocenters. The highest BCUT2D eigenvalue weighted by atomic mass is 35.5. The number of amides is 2. The van der Waals surface area contributed by atoms with Crippen LogP contribution in [-0.2, 0) is 4.79 Å². The number of hydrogen-bond donors (Lipinski definition) is 2. The van der Waals surface area contributed by atoms with Crippen molar-refractivity contribution in [3.63, 3.8) is 0 Å². The van der Waals surface area contributed by atoms with Gasteiger partial charge < -0.3 is 16.0 Å². The molecule has 1 aromatic heterocycles. The van der Waals surface area contributed by atoms with Crippen LogP contribution in [0.3, 0.4) is 0 Å². The second-order valence-electron chi connectivity index (χ2n) is 7.00. The maximum absolute atomic E-state index is 12.7. The number of hydrogen-bond acceptors (Lipinski definition) is 4. The molecular weight excluding hydrogens is 382 g/mol. The van der Waals surface area contributed by atoms with E-state index in [4.69, 9.17) is 5.73 Å². The third kappa shape index (κ3) is 5.09. The Morgan fingerprint density at radius 1 is 1.22 bits per heavy atom. The molecule has 1 aliphatic heterocycles. The molecule has 3 N–H and O–H groups in total. The lowest BCUT2D eigenvalue weighted by Gasteiger charge is -2.34. The maximum atomic E-state index is 12.7. The summed E-state index contributed by atoms with van der Waals surface area (Å²) in [5, 5.41) is 4.91. The molecule has 0 bridgehead atoms. The Bertz CT molecular complexity index is 785. The van der Waals surface area contributed by atoms with E-state index < -0.39 is 5.91 Å². The number of halogens is 1. The van der Waals surface area contributed by atoms with Crippen molar-refractivity contribution in [2.75, 3.05) is 18.4 Å². The quantitative estimate of drug-likeness (QED) is 0.786. The lowest BCUT2D eigenvalue weighted by atomic mass is 9.94. The van der Waals surface area contributed by atoms with Gasteiger partial charge in [-0.2, -0.15) is 0 Å². The van der Waals surface area contributed by atoms with Gasteiger partial charge in [-0.1, -0.05) is 12.1 Å². The Morgan fingerprint density at radius 3 is 2.48 bits per heavy atom. The zero-order valence-corrected chi connectivity index (χ0v) is 17.2. The van der Waals surface area contributed by atoms with E-state index >= 15 is 0 Å². The van der Waals surface area contributed by atoms with Crippen molar-refractivity contribution in [3.05, 3.63) is 41.3 Å². The van der Waals surface area contributed by atoms with Gasteiger partial charge in [0.15, 0.2) is 0 Å². The standard InChI is InChI=1S/C20H25N3O2S.ClH/c1-13(2)23-9-7-14(8-10-23)20(25)22-17-6-5-15(12-16(17)19(21)24)18-4-3-11-26-18;/h3-6,11-14H,7-10H2,1-2H3,(H2,21,24)(H,22,25);1H. The summed E-state index contributed by atoms with van der Waals surface area (Å²) < 4.78 is 0. The summed E-state index contributed by atoms with van der Waals surface area (Å²) in [5.74, 6) is -0.587. The summed E-state index contributed by atoms with van der Waals surface area (Å²) in [6.45, 7) is 6.20. The Morgan fingerprint density at radius 2 is 1.93 bits per heavy atom. The Kier molecular flexibility index (Phi) is 7.41. The van der Waals surface area contributed by atoms with Gasteiger partial charge in [-0.3, -0.25) is 9.59 Å². The molecule has 2 amide bonds. The molecule has 2 heterocycles. The van der Waals surface area contributed by atoms with Crippen molar-refractivity contribution in [1.29, 1.82) is 0 Å². The van der Waals surface area contributed by atoms with Gasteiger partial charge in [-0.05, 0) is 68.9 Å². The molecule has 1 fully saturated rings. The van der Waals surface area contributed by atoms with Gasteiger partial charge in [0.05, 0.1) is 11.3 Å². The van der Waals surface area contributed by atoms with Crippen molar-refractivity contribution < 1.29 is 9.59 Å². The number of rotatable bonds is 5. The number of primary amides is 1. The van der Waals surface area contributed by atoms with E-state index in [1.54, 1.807) is 23.5 Å². The fourth-order valence-electron chi connectivity index (χ4n) is 3.37. The molecule has 3 rings (SSSR count). The summed E-state index contributed by atoms with van der Waals surface area (Å²) in [4.78, 5) is 28.0. The van der Waals surface area contributed by atoms with Gasteiger partial charge in [-0.15, -0.1) is 23.7 Å². The Hall–Kier alpha value is -1.89. The van der Waals surface area contributed by atoms with E-state index in [9.17, 15) is 9.59 Å². The lowest BCUT2D eigenvalue weighted by Crippen LogP contribution is -2.41. The summed E-state index contributed by atoms with van der Waals surface area (Å²) in [7, 11) is 0. The van der Waals surface area contributed by atoms with E-state index in [1.807, 2.05) is 23.6 Å². The average Bonchev–Trinajstić information content (AvgIpc) is 3.16. The van der Waals surface area contributed by atoms with Crippen molar-refractivity contribution in [2.24, 2.45) is 11.7 Å². The fraction of sp³-hybridized carbons (Fsp3) is 0.400. The van der Waals surface area contributed by atoms with Crippen molar-refractivity contribution in [3.8, 4) is 10.4 Å². The van der Waals surface area contributed by atoms with Crippen LogP contribution >= 0.6 is 23.7 Å². The van der Waals surface area contributed by atoms with Crippen LogP contribution in [0, 0.1) is 5.92 Å². The number of carbonyl (C=O) groups is 2. The number of thiophene rings is 1. The predicted molar refractivity (Wildman–Crippen MR) is 114 cm³/mol. The second-order valence-corrected chi connectivity index (χ2v) is 7.94. The first kappa shape index (κ1) is 21.4.